The van der Waals surface area contributed by atoms with Crippen LogP contribution in [0.25, 0.3) is 63.3 Å². The minimum absolute atomic E-state index is 0.111. The summed E-state index contributed by atoms with van der Waals surface area (Å²) in [6.45, 7) is 17.3. The Morgan fingerprint density at radius 2 is 0.600 bits per heavy atom. The number of hydrogen-bond donors (Lipinski definition) is 0. The van der Waals surface area contributed by atoms with Crippen molar-refractivity contribution in [1.29, 1.82) is 5.26 Å². The molecule has 6 heteroatoms. The predicted octanol–water partition coefficient (Wildman–Crippen LogP) is 26.1. The van der Waals surface area contributed by atoms with E-state index in [1.165, 1.54) is 135 Å². The summed E-state index contributed by atoms with van der Waals surface area (Å²) in [6.07, 6.45) is 24.7. The molecular formula is C84H86N4S2. The number of fused-ring (bicyclic) bond motifs is 3. The number of unbranched alkanes of at least 4 members (excludes halogenated alkanes) is 12. The maximum Gasteiger partial charge on any atom is 0.270 e. The van der Waals surface area contributed by atoms with Crippen LogP contribution in [-0.4, -0.2) is 0 Å². The summed E-state index contributed by atoms with van der Waals surface area (Å²) in [5.74, 6) is 0. The number of aryl methyl sites for hydroxylation is 4. The number of hydrogen-bond acceptors (Lipinski definition) is 5. The van der Waals surface area contributed by atoms with E-state index in [-0.39, 0.29) is 5.70 Å². The SMILES string of the molecule is [C-]#[N+]C(C#N)=C1c2cc(-c3ccc(-c4ccc(N(c5ccc(CCCCCC)cc5)c5ccc(CCCCCC)cc5)cc4)s3)ccc2-c2ccc(-c3ccc(-c4ccc(N(c5ccc(CCCCCC)cc5)c5ccc(CCCCCC)cc5)cc4)s3)cc21. The summed E-state index contributed by atoms with van der Waals surface area (Å²) in [5.41, 5.74) is 21.7. The van der Waals surface area contributed by atoms with Crippen LogP contribution < -0.4 is 9.80 Å². The Morgan fingerprint density at radius 1 is 0.333 bits per heavy atom. The van der Waals surface area contributed by atoms with Crippen molar-refractivity contribution in [3.8, 4) is 59.0 Å². The van der Waals surface area contributed by atoms with Crippen molar-refractivity contribution in [1.82, 2.24) is 0 Å². The zero-order chi connectivity index (χ0) is 62.0. The first-order chi connectivity index (χ1) is 44.4. The van der Waals surface area contributed by atoms with E-state index in [4.69, 9.17) is 6.57 Å². The van der Waals surface area contributed by atoms with Gasteiger partial charge < -0.3 is 9.80 Å². The molecule has 0 fully saturated rings. The molecule has 0 amide bonds. The third kappa shape index (κ3) is 15.2. The second-order valence-corrected chi connectivity index (χ2v) is 26.6. The lowest BCUT2D eigenvalue weighted by molar-refractivity contribution is 0.667. The second-order valence-electron chi connectivity index (χ2n) is 24.5. The number of allylic oxidation sites excluding steroid dienone is 1. The quantitative estimate of drug-likeness (QED) is 0.0256. The molecule has 0 bridgehead atoms. The van der Waals surface area contributed by atoms with E-state index in [9.17, 15) is 5.26 Å². The Hall–Kier alpha value is -8.52. The third-order valence-electron chi connectivity index (χ3n) is 18.0. The Kier molecular flexibility index (Phi) is 21.9. The van der Waals surface area contributed by atoms with Crippen molar-refractivity contribution in [3.63, 3.8) is 0 Å². The zero-order valence-corrected chi connectivity index (χ0v) is 55.0. The van der Waals surface area contributed by atoms with Gasteiger partial charge in [-0.2, -0.15) is 0 Å². The zero-order valence-electron chi connectivity index (χ0n) is 53.4. The standard InChI is InChI=1S/C84H86N4S2/c1-6-10-14-18-22-61-26-40-69(41-27-61)87(70-42-28-62(29-43-70)23-19-15-11-7-2)73-48-34-65(35-49-73)80-54-56-82(89-80)67-38-52-75-76-53-39-68(59-78(76)84(77(75)58-67)79(60-85)86-5)83-57-55-81(90-83)66-36-50-74(51-37-66)88(71-44-30-63(31-45-71)24-20-16-12-8-3)72-46-32-64(33-47-72)25-21-17-13-9-4/h26-59H,6-25H2,1-4H3. The first kappa shape index (κ1) is 63.1. The Bertz CT molecular complexity index is 3680. The smallest absolute Gasteiger partial charge is 0.270 e. The summed E-state index contributed by atoms with van der Waals surface area (Å²) in [6, 6.07) is 79.1. The molecular weight excluding hydrogens is 1130 g/mol. The van der Waals surface area contributed by atoms with E-state index in [0.717, 1.165) is 114 Å². The van der Waals surface area contributed by atoms with E-state index >= 15 is 0 Å². The maximum atomic E-state index is 10.5. The molecule has 0 radical (unpaired) electrons. The first-order valence-corrected chi connectivity index (χ1v) is 35.2. The van der Waals surface area contributed by atoms with Crippen molar-refractivity contribution >= 4 is 62.4 Å². The highest BCUT2D eigenvalue weighted by atomic mass is 32.1. The van der Waals surface area contributed by atoms with Gasteiger partial charge in [0.1, 0.15) is 0 Å². The fourth-order valence-electron chi connectivity index (χ4n) is 12.8. The molecule has 0 N–H and O–H groups in total. The van der Waals surface area contributed by atoms with E-state index in [1.54, 1.807) is 22.7 Å². The number of benzene rings is 8. The molecule has 11 rings (SSSR count). The van der Waals surface area contributed by atoms with Gasteiger partial charge >= 0.3 is 0 Å². The monoisotopic (exact) mass is 1210 g/mol. The molecule has 1 aliphatic carbocycles. The molecule has 0 saturated carbocycles. The third-order valence-corrected chi connectivity index (χ3v) is 20.3. The molecule has 2 heterocycles. The molecule has 0 unspecified atom stereocenters. The lowest BCUT2D eigenvalue weighted by Crippen LogP contribution is -2.10. The lowest BCUT2D eigenvalue weighted by atomic mass is 9.99. The molecule has 4 nitrogen and oxygen atoms in total. The maximum absolute atomic E-state index is 10.5. The highest BCUT2D eigenvalue weighted by molar-refractivity contribution is 7.19. The van der Waals surface area contributed by atoms with Gasteiger partial charge in [0.2, 0.25) is 0 Å². The molecule has 0 atom stereocenters. The molecule has 8 aromatic carbocycles. The van der Waals surface area contributed by atoms with Crippen molar-refractivity contribution in [2.24, 2.45) is 0 Å². The van der Waals surface area contributed by atoms with Crippen LogP contribution in [0.5, 0.6) is 0 Å². The van der Waals surface area contributed by atoms with Crippen LogP contribution in [0.4, 0.5) is 34.1 Å². The van der Waals surface area contributed by atoms with Gasteiger partial charge in [0.15, 0.2) is 0 Å². The van der Waals surface area contributed by atoms with Gasteiger partial charge in [-0.1, -0.05) is 202 Å². The fourth-order valence-corrected chi connectivity index (χ4v) is 14.8. The number of thiophene rings is 2. The van der Waals surface area contributed by atoms with Crippen molar-refractivity contribution in [3.05, 3.63) is 257 Å². The first-order valence-electron chi connectivity index (χ1n) is 33.5. The van der Waals surface area contributed by atoms with Gasteiger partial charge in [0.05, 0.1) is 12.6 Å². The van der Waals surface area contributed by atoms with Crippen LogP contribution in [0.15, 0.2) is 212 Å². The average molecular weight is 1220 g/mol. The van der Waals surface area contributed by atoms with Crippen LogP contribution >= 0.6 is 22.7 Å². The normalized spacial score (nSPS) is 11.5. The number of rotatable bonds is 30. The van der Waals surface area contributed by atoms with Gasteiger partial charge in [-0.25, -0.2) is 10.1 Å². The summed E-state index contributed by atoms with van der Waals surface area (Å²) in [5, 5.41) is 10.5. The molecule has 90 heavy (non-hydrogen) atoms. The van der Waals surface area contributed by atoms with E-state index in [1.807, 2.05) is 0 Å². The average Bonchev–Trinajstić information content (AvgIpc) is 1.65. The van der Waals surface area contributed by atoms with E-state index in [2.05, 4.69) is 255 Å². The Morgan fingerprint density at radius 3 is 0.867 bits per heavy atom. The van der Waals surface area contributed by atoms with E-state index in [0.29, 0.717) is 5.57 Å². The molecule has 2 aromatic heterocycles. The fraction of sp³-hybridized carbons (Fsp3) is 0.286. The molecule has 0 aliphatic heterocycles. The van der Waals surface area contributed by atoms with Crippen molar-refractivity contribution in [2.45, 2.75) is 156 Å². The van der Waals surface area contributed by atoms with Crippen LogP contribution in [0.2, 0.25) is 0 Å². The van der Waals surface area contributed by atoms with Crippen LogP contribution in [0.3, 0.4) is 0 Å². The van der Waals surface area contributed by atoms with Gasteiger partial charge in [-0.3, -0.25) is 0 Å². The van der Waals surface area contributed by atoms with Crippen LogP contribution in [0, 0.1) is 17.9 Å². The van der Waals surface area contributed by atoms with Crippen molar-refractivity contribution in [2.75, 3.05) is 9.80 Å². The van der Waals surface area contributed by atoms with Crippen LogP contribution in [0.1, 0.15) is 164 Å². The van der Waals surface area contributed by atoms with E-state index < -0.39 is 0 Å². The predicted molar refractivity (Wildman–Crippen MR) is 388 cm³/mol. The Balaban J connectivity index is 0.815. The van der Waals surface area contributed by atoms with Crippen LogP contribution in [-0.2, 0) is 25.7 Å². The summed E-state index contributed by atoms with van der Waals surface area (Å²) in [4.78, 5) is 13.3. The van der Waals surface area contributed by atoms with Gasteiger partial charge in [0.25, 0.3) is 5.70 Å². The number of nitriles is 1. The minimum Gasteiger partial charge on any atom is -0.311 e. The topological polar surface area (TPSA) is 34.6 Å². The Labute approximate surface area is 545 Å². The van der Waals surface area contributed by atoms with Gasteiger partial charge in [0, 0.05) is 59.2 Å². The number of anilines is 6. The highest BCUT2D eigenvalue weighted by Crippen LogP contribution is 2.50. The van der Waals surface area contributed by atoms with Gasteiger partial charge in [-0.15, -0.1) is 22.7 Å². The second kappa shape index (κ2) is 31.3. The molecule has 454 valence electrons. The molecule has 0 spiro atoms. The number of nitrogens with zero attached hydrogens (tertiary/aromatic N) is 4. The van der Waals surface area contributed by atoms with Crippen molar-refractivity contribution < 1.29 is 0 Å². The summed E-state index contributed by atoms with van der Waals surface area (Å²) >= 11 is 3.54. The summed E-state index contributed by atoms with van der Waals surface area (Å²) < 4.78 is 0. The lowest BCUT2D eigenvalue weighted by Gasteiger charge is -2.26. The molecule has 10 aromatic rings. The van der Waals surface area contributed by atoms with Gasteiger partial charge in [-0.05, 0) is 227 Å². The minimum atomic E-state index is 0.111. The largest absolute Gasteiger partial charge is 0.311 e. The highest BCUT2D eigenvalue weighted by Gasteiger charge is 2.28. The molecule has 1 aliphatic rings. The summed E-state index contributed by atoms with van der Waals surface area (Å²) in [7, 11) is 0. The molecule has 0 saturated heterocycles.